The minimum absolute atomic E-state index is 0.109. The fourth-order valence-corrected chi connectivity index (χ4v) is 4.20. The van der Waals surface area contributed by atoms with Crippen molar-refractivity contribution < 1.29 is 27.1 Å². The fourth-order valence-electron chi connectivity index (χ4n) is 3.32. The van der Waals surface area contributed by atoms with Gasteiger partial charge in [0.15, 0.2) is 0 Å². The van der Waals surface area contributed by atoms with Crippen LogP contribution >= 0.6 is 0 Å². The van der Waals surface area contributed by atoms with Crippen LogP contribution in [0.15, 0.2) is 60.7 Å². The summed E-state index contributed by atoms with van der Waals surface area (Å²) in [7, 11) is -0.739. The molecule has 9 heteroatoms. The number of rotatable bonds is 8. The van der Waals surface area contributed by atoms with Crippen molar-refractivity contribution in [2.45, 2.75) is 13.5 Å². The summed E-state index contributed by atoms with van der Waals surface area (Å²) < 4.78 is 50.1. The third-order valence-corrected chi connectivity index (χ3v) is 6.12. The first-order chi connectivity index (χ1) is 15.6. The van der Waals surface area contributed by atoms with Crippen molar-refractivity contribution in [2.75, 3.05) is 30.1 Å². The van der Waals surface area contributed by atoms with Crippen molar-refractivity contribution in [3.63, 3.8) is 0 Å². The van der Waals surface area contributed by atoms with Crippen molar-refractivity contribution in [1.82, 2.24) is 0 Å². The highest BCUT2D eigenvalue weighted by molar-refractivity contribution is 7.92. The van der Waals surface area contributed by atoms with E-state index < -0.39 is 21.7 Å². The Morgan fingerprint density at radius 2 is 1.61 bits per heavy atom. The highest BCUT2D eigenvalue weighted by Gasteiger charge is 2.21. The van der Waals surface area contributed by atoms with E-state index in [1.807, 2.05) is 13.0 Å². The van der Waals surface area contributed by atoms with Crippen molar-refractivity contribution >= 4 is 27.3 Å². The SMILES string of the molecule is COc1ccc(C(=O)Nc2cc(C)ccc2OC)cc1CN(c1ccc(F)cc1)S(C)(=O)=O. The van der Waals surface area contributed by atoms with Crippen LogP contribution in [0.2, 0.25) is 0 Å². The maximum atomic E-state index is 13.4. The second kappa shape index (κ2) is 9.91. The summed E-state index contributed by atoms with van der Waals surface area (Å²) in [5, 5.41) is 2.83. The number of carbonyl (C=O) groups is 1. The molecule has 1 amide bonds. The van der Waals surface area contributed by atoms with Gasteiger partial charge in [-0.25, -0.2) is 12.8 Å². The maximum Gasteiger partial charge on any atom is 0.255 e. The molecule has 0 radical (unpaired) electrons. The number of ether oxygens (including phenoxy) is 2. The zero-order chi connectivity index (χ0) is 24.2. The van der Waals surface area contributed by atoms with E-state index in [1.54, 1.807) is 30.3 Å². The first-order valence-corrected chi connectivity index (χ1v) is 11.8. The van der Waals surface area contributed by atoms with Crippen LogP contribution in [0.25, 0.3) is 0 Å². The molecule has 0 aromatic heterocycles. The summed E-state index contributed by atoms with van der Waals surface area (Å²) >= 11 is 0. The normalized spacial score (nSPS) is 11.1. The van der Waals surface area contributed by atoms with Gasteiger partial charge >= 0.3 is 0 Å². The molecule has 1 N–H and O–H groups in total. The molecule has 0 aliphatic carbocycles. The van der Waals surface area contributed by atoms with Crippen LogP contribution in [0.5, 0.6) is 11.5 Å². The predicted octanol–water partition coefficient (Wildman–Crippen LogP) is 4.37. The third kappa shape index (κ3) is 5.81. The highest BCUT2D eigenvalue weighted by Crippen LogP contribution is 2.29. The number of nitrogens with one attached hydrogen (secondary N) is 1. The summed E-state index contributed by atoms with van der Waals surface area (Å²) in [6, 6.07) is 15.3. The van der Waals surface area contributed by atoms with Gasteiger partial charge in [-0.15, -0.1) is 0 Å². The molecule has 0 aliphatic rings. The smallest absolute Gasteiger partial charge is 0.255 e. The summed E-state index contributed by atoms with van der Waals surface area (Å²) in [5.74, 6) is 0.0585. The summed E-state index contributed by atoms with van der Waals surface area (Å²) in [4.78, 5) is 13.0. The number of amides is 1. The standard InChI is InChI=1S/C24H25FN2O5S/c1-16-5-11-23(32-3)21(13-16)26-24(28)17-6-12-22(31-2)18(14-17)15-27(33(4,29)30)20-9-7-19(25)8-10-20/h5-14H,15H2,1-4H3,(H,26,28). The lowest BCUT2D eigenvalue weighted by Crippen LogP contribution is -2.29. The van der Waals surface area contributed by atoms with Crippen LogP contribution in [0.4, 0.5) is 15.8 Å². The number of carbonyl (C=O) groups excluding carboxylic acids is 1. The molecule has 3 aromatic rings. The van der Waals surface area contributed by atoms with E-state index in [9.17, 15) is 17.6 Å². The van der Waals surface area contributed by atoms with Crippen LogP contribution in [-0.4, -0.2) is 34.8 Å². The van der Waals surface area contributed by atoms with Gasteiger partial charge in [0.25, 0.3) is 5.91 Å². The Balaban J connectivity index is 1.95. The monoisotopic (exact) mass is 472 g/mol. The molecule has 0 saturated heterocycles. The summed E-state index contributed by atoms with van der Waals surface area (Å²) in [6.45, 7) is 1.79. The molecule has 3 aromatic carbocycles. The maximum absolute atomic E-state index is 13.4. The quantitative estimate of drug-likeness (QED) is 0.526. The Labute approximate surface area is 192 Å². The van der Waals surface area contributed by atoms with Crippen LogP contribution in [-0.2, 0) is 16.6 Å². The average Bonchev–Trinajstić information content (AvgIpc) is 2.77. The zero-order valence-corrected chi connectivity index (χ0v) is 19.6. The minimum atomic E-state index is -3.71. The van der Waals surface area contributed by atoms with E-state index in [-0.39, 0.29) is 6.54 Å². The van der Waals surface area contributed by atoms with E-state index in [4.69, 9.17) is 9.47 Å². The average molecular weight is 473 g/mol. The number of nitrogens with zero attached hydrogens (tertiary/aromatic N) is 1. The van der Waals surface area contributed by atoms with E-state index in [0.29, 0.717) is 34.0 Å². The summed E-state index contributed by atoms with van der Waals surface area (Å²) in [6.07, 6.45) is 1.06. The van der Waals surface area contributed by atoms with Gasteiger partial charge < -0.3 is 14.8 Å². The molecule has 0 saturated carbocycles. The van der Waals surface area contributed by atoms with Gasteiger partial charge in [-0.1, -0.05) is 6.07 Å². The third-order valence-electron chi connectivity index (χ3n) is 4.97. The van der Waals surface area contributed by atoms with Gasteiger partial charge in [0.1, 0.15) is 17.3 Å². The lowest BCUT2D eigenvalue weighted by Gasteiger charge is -2.24. The van der Waals surface area contributed by atoms with E-state index >= 15 is 0 Å². The van der Waals surface area contributed by atoms with Crippen molar-refractivity contribution in [3.8, 4) is 11.5 Å². The lowest BCUT2D eigenvalue weighted by molar-refractivity contribution is 0.102. The molecular formula is C24H25FN2O5S. The molecule has 0 fully saturated rings. The largest absolute Gasteiger partial charge is 0.496 e. The number of methoxy groups -OCH3 is 2. The number of hydrogen-bond donors (Lipinski definition) is 1. The Morgan fingerprint density at radius 3 is 2.21 bits per heavy atom. The molecule has 7 nitrogen and oxygen atoms in total. The van der Waals surface area contributed by atoms with Crippen molar-refractivity contribution in [2.24, 2.45) is 0 Å². The van der Waals surface area contributed by atoms with Crippen LogP contribution in [0.3, 0.4) is 0 Å². The number of halogens is 1. The molecule has 0 unspecified atom stereocenters. The van der Waals surface area contributed by atoms with E-state index in [0.717, 1.165) is 16.1 Å². The molecule has 33 heavy (non-hydrogen) atoms. The Kier molecular flexibility index (Phi) is 7.23. The Morgan fingerprint density at radius 1 is 0.970 bits per heavy atom. The molecule has 3 rings (SSSR count). The zero-order valence-electron chi connectivity index (χ0n) is 18.8. The molecule has 0 heterocycles. The molecule has 0 spiro atoms. The number of hydrogen-bond acceptors (Lipinski definition) is 5. The van der Waals surface area contributed by atoms with Gasteiger partial charge in [0.2, 0.25) is 10.0 Å². The van der Waals surface area contributed by atoms with Crippen molar-refractivity contribution in [3.05, 3.63) is 83.2 Å². The first kappa shape index (κ1) is 24.1. The van der Waals surface area contributed by atoms with Gasteiger partial charge in [0, 0.05) is 11.1 Å². The minimum Gasteiger partial charge on any atom is -0.496 e. The number of aryl methyl sites for hydroxylation is 1. The number of benzene rings is 3. The second-order valence-electron chi connectivity index (χ2n) is 7.43. The molecule has 0 atom stereocenters. The van der Waals surface area contributed by atoms with Gasteiger partial charge in [-0.3, -0.25) is 9.10 Å². The number of sulfonamides is 1. The van der Waals surface area contributed by atoms with Crippen LogP contribution < -0.4 is 19.1 Å². The second-order valence-corrected chi connectivity index (χ2v) is 9.34. The molecule has 174 valence electrons. The lowest BCUT2D eigenvalue weighted by atomic mass is 10.1. The van der Waals surface area contributed by atoms with Crippen molar-refractivity contribution in [1.29, 1.82) is 0 Å². The molecular weight excluding hydrogens is 447 g/mol. The predicted molar refractivity (Wildman–Crippen MR) is 126 cm³/mol. The summed E-state index contributed by atoms with van der Waals surface area (Å²) in [5.41, 5.74) is 2.53. The Bertz CT molecular complexity index is 1260. The Hall–Kier alpha value is -3.59. The van der Waals surface area contributed by atoms with Gasteiger partial charge in [0.05, 0.1) is 38.4 Å². The molecule has 0 bridgehead atoms. The first-order valence-electron chi connectivity index (χ1n) is 9.98. The molecule has 0 aliphatic heterocycles. The highest BCUT2D eigenvalue weighted by atomic mass is 32.2. The van der Waals surface area contributed by atoms with Crippen LogP contribution in [0, 0.1) is 12.7 Å². The van der Waals surface area contributed by atoms with Gasteiger partial charge in [-0.2, -0.15) is 0 Å². The van der Waals surface area contributed by atoms with E-state index in [2.05, 4.69) is 5.32 Å². The number of anilines is 2. The van der Waals surface area contributed by atoms with Crippen LogP contribution in [0.1, 0.15) is 21.5 Å². The topological polar surface area (TPSA) is 84.9 Å². The fraction of sp³-hybridized carbons (Fsp3) is 0.208. The van der Waals surface area contributed by atoms with E-state index in [1.165, 1.54) is 38.5 Å². The van der Waals surface area contributed by atoms with Gasteiger partial charge in [-0.05, 0) is 67.1 Å².